The number of hydrogen-bond donors (Lipinski definition) is 1. The molecule has 1 amide bonds. The van der Waals surface area contributed by atoms with Gasteiger partial charge in [0, 0.05) is 26.2 Å². The van der Waals surface area contributed by atoms with Crippen LogP contribution in [0.3, 0.4) is 0 Å². The number of likely N-dealkylation sites (tertiary alicyclic amines) is 1. The van der Waals surface area contributed by atoms with Crippen molar-refractivity contribution in [1.29, 1.82) is 0 Å². The first-order valence-electron chi connectivity index (χ1n) is 7.43. The van der Waals surface area contributed by atoms with Crippen LogP contribution in [0.15, 0.2) is 30.3 Å². The summed E-state index contributed by atoms with van der Waals surface area (Å²) in [4.78, 5) is 16.8. The summed E-state index contributed by atoms with van der Waals surface area (Å²) in [7, 11) is 1.89. The first-order chi connectivity index (χ1) is 9.63. The number of rotatable bonds is 4. The van der Waals surface area contributed by atoms with Crippen LogP contribution in [0, 0.1) is 0 Å². The molecule has 0 saturated carbocycles. The second-order valence-corrected chi connectivity index (χ2v) is 5.50. The van der Waals surface area contributed by atoms with Gasteiger partial charge in [-0.2, -0.15) is 0 Å². The standard InChI is InChI=1S/C16H25N3O/c1-3-19-11-9-14(10-12-19)18(2)16(20)15(17)13-7-5-4-6-8-13/h4-8,14-15H,3,9-12,17H2,1-2H3/t15-/m1/s1. The van der Waals surface area contributed by atoms with Crippen LogP contribution in [0.4, 0.5) is 0 Å². The summed E-state index contributed by atoms with van der Waals surface area (Å²) < 4.78 is 0. The second kappa shape index (κ2) is 6.86. The van der Waals surface area contributed by atoms with E-state index in [1.807, 2.05) is 42.3 Å². The van der Waals surface area contributed by atoms with Crippen LogP contribution in [-0.4, -0.2) is 48.4 Å². The molecule has 1 heterocycles. The van der Waals surface area contributed by atoms with Gasteiger partial charge in [-0.3, -0.25) is 4.79 Å². The summed E-state index contributed by atoms with van der Waals surface area (Å²) >= 11 is 0. The van der Waals surface area contributed by atoms with E-state index in [2.05, 4.69) is 11.8 Å². The Bertz CT molecular complexity index is 427. The summed E-state index contributed by atoms with van der Waals surface area (Å²) in [6.07, 6.45) is 2.08. The summed E-state index contributed by atoms with van der Waals surface area (Å²) in [5.41, 5.74) is 6.98. The number of nitrogens with two attached hydrogens (primary N) is 1. The number of amides is 1. The van der Waals surface area contributed by atoms with E-state index < -0.39 is 6.04 Å². The molecular weight excluding hydrogens is 250 g/mol. The van der Waals surface area contributed by atoms with Gasteiger partial charge < -0.3 is 15.5 Å². The van der Waals surface area contributed by atoms with E-state index in [-0.39, 0.29) is 5.91 Å². The predicted molar refractivity (Wildman–Crippen MR) is 81.3 cm³/mol. The number of carbonyl (C=O) groups excluding carboxylic acids is 1. The number of likely N-dealkylation sites (N-methyl/N-ethyl adjacent to an activating group) is 1. The van der Waals surface area contributed by atoms with Crippen LogP contribution < -0.4 is 5.73 Å². The molecule has 0 spiro atoms. The zero-order valence-electron chi connectivity index (χ0n) is 12.5. The monoisotopic (exact) mass is 275 g/mol. The van der Waals surface area contributed by atoms with Crippen molar-refractivity contribution in [3.63, 3.8) is 0 Å². The highest BCUT2D eigenvalue weighted by Gasteiger charge is 2.28. The largest absolute Gasteiger partial charge is 0.341 e. The Labute approximate surface area is 121 Å². The third-order valence-corrected chi connectivity index (χ3v) is 4.32. The minimum Gasteiger partial charge on any atom is -0.341 e. The van der Waals surface area contributed by atoms with E-state index >= 15 is 0 Å². The van der Waals surface area contributed by atoms with Crippen LogP contribution in [0.5, 0.6) is 0 Å². The molecule has 110 valence electrons. The Morgan fingerprint density at radius 2 is 1.95 bits per heavy atom. The molecule has 1 aliphatic rings. The Kier molecular flexibility index (Phi) is 5.15. The fraction of sp³-hybridized carbons (Fsp3) is 0.562. The maximum atomic E-state index is 12.5. The number of hydrogen-bond acceptors (Lipinski definition) is 3. The summed E-state index contributed by atoms with van der Waals surface area (Å²) in [5.74, 6) is 0.0196. The van der Waals surface area contributed by atoms with E-state index in [4.69, 9.17) is 5.73 Å². The zero-order chi connectivity index (χ0) is 14.5. The normalized spacial score (nSPS) is 18.8. The summed E-state index contributed by atoms with van der Waals surface area (Å²) in [6, 6.07) is 9.37. The Morgan fingerprint density at radius 1 is 1.35 bits per heavy atom. The molecule has 1 aliphatic heterocycles. The highest BCUT2D eigenvalue weighted by molar-refractivity contribution is 5.83. The van der Waals surface area contributed by atoms with E-state index in [0.29, 0.717) is 6.04 Å². The van der Waals surface area contributed by atoms with Gasteiger partial charge in [-0.1, -0.05) is 37.3 Å². The lowest BCUT2D eigenvalue weighted by Crippen LogP contribution is -2.48. The van der Waals surface area contributed by atoms with Gasteiger partial charge in [0.25, 0.3) is 0 Å². The third kappa shape index (κ3) is 3.38. The van der Waals surface area contributed by atoms with Gasteiger partial charge in [0.05, 0.1) is 0 Å². The molecule has 0 aromatic heterocycles. The first kappa shape index (κ1) is 15.0. The molecular formula is C16H25N3O. The molecule has 0 unspecified atom stereocenters. The van der Waals surface area contributed by atoms with Gasteiger partial charge in [-0.05, 0) is 24.9 Å². The summed E-state index contributed by atoms with van der Waals surface area (Å²) in [6.45, 7) is 5.41. The van der Waals surface area contributed by atoms with Crippen LogP contribution in [0.2, 0.25) is 0 Å². The molecule has 0 bridgehead atoms. The number of carbonyl (C=O) groups is 1. The van der Waals surface area contributed by atoms with Crippen LogP contribution in [0.25, 0.3) is 0 Å². The maximum absolute atomic E-state index is 12.5. The Morgan fingerprint density at radius 3 is 2.50 bits per heavy atom. The fourth-order valence-corrected chi connectivity index (χ4v) is 2.83. The molecule has 20 heavy (non-hydrogen) atoms. The van der Waals surface area contributed by atoms with Gasteiger partial charge >= 0.3 is 0 Å². The van der Waals surface area contributed by atoms with Gasteiger partial charge in [-0.25, -0.2) is 0 Å². The Hall–Kier alpha value is -1.39. The highest BCUT2D eigenvalue weighted by atomic mass is 16.2. The van der Waals surface area contributed by atoms with Crippen molar-refractivity contribution in [2.24, 2.45) is 5.73 Å². The average molecular weight is 275 g/mol. The minimum absolute atomic E-state index is 0.0196. The molecule has 4 heteroatoms. The fourth-order valence-electron chi connectivity index (χ4n) is 2.83. The quantitative estimate of drug-likeness (QED) is 0.908. The molecule has 1 aromatic carbocycles. The topological polar surface area (TPSA) is 49.6 Å². The Balaban J connectivity index is 1.95. The van der Waals surface area contributed by atoms with Crippen molar-refractivity contribution in [3.05, 3.63) is 35.9 Å². The van der Waals surface area contributed by atoms with E-state index in [1.54, 1.807) is 0 Å². The molecule has 2 N–H and O–H groups in total. The SMILES string of the molecule is CCN1CCC(N(C)C(=O)[C@H](N)c2ccccc2)CC1. The van der Waals surface area contributed by atoms with Gasteiger partial charge in [-0.15, -0.1) is 0 Å². The number of benzene rings is 1. The molecule has 1 fully saturated rings. The molecule has 2 rings (SSSR count). The van der Waals surface area contributed by atoms with Gasteiger partial charge in [0.15, 0.2) is 0 Å². The maximum Gasteiger partial charge on any atom is 0.244 e. The van der Waals surface area contributed by atoms with Crippen molar-refractivity contribution in [1.82, 2.24) is 9.80 Å². The molecule has 1 aromatic rings. The van der Waals surface area contributed by atoms with Crippen molar-refractivity contribution in [2.45, 2.75) is 31.8 Å². The molecule has 1 saturated heterocycles. The van der Waals surface area contributed by atoms with Gasteiger partial charge in [0.1, 0.15) is 6.04 Å². The van der Waals surface area contributed by atoms with E-state index in [9.17, 15) is 4.79 Å². The van der Waals surface area contributed by atoms with E-state index in [0.717, 1.165) is 38.0 Å². The number of nitrogens with zero attached hydrogens (tertiary/aromatic N) is 2. The lowest BCUT2D eigenvalue weighted by Gasteiger charge is -2.37. The third-order valence-electron chi connectivity index (χ3n) is 4.32. The molecule has 0 radical (unpaired) electrons. The van der Waals surface area contributed by atoms with Gasteiger partial charge in [0.2, 0.25) is 5.91 Å². The van der Waals surface area contributed by atoms with Crippen LogP contribution >= 0.6 is 0 Å². The lowest BCUT2D eigenvalue weighted by atomic mass is 10.0. The van der Waals surface area contributed by atoms with Crippen LogP contribution in [-0.2, 0) is 4.79 Å². The van der Waals surface area contributed by atoms with Crippen molar-refractivity contribution >= 4 is 5.91 Å². The van der Waals surface area contributed by atoms with Crippen LogP contribution in [0.1, 0.15) is 31.4 Å². The smallest absolute Gasteiger partial charge is 0.244 e. The zero-order valence-corrected chi connectivity index (χ0v) is 12.5. The molecule has 0 aliphatic carbocycles. The first-order valence-corrected chi connectivity index (χ1v) is 7.43. The highest BCUT2D eigenvalue weighted by Crippen LogP contribution is 2.19. The minimum atomic E-state index is -0.551. The predicted octanol–water partition coefficient (Wildman–Crippen LogP) is 1.63. The van der Waals surface area contributed by atoms with E-state index in [1.165, 1.54) is 0 Å². The molecule has 4 nitrogen and oxygen atoms in total. The van der Waals surface area contributed by atoms with Crippen molar-refractivity contribution in [2.75, 3.05) is 26.7 Å². The molecule has 1 atom stereocenters. The lowest BCUT2D eigenvalue weighted by molar-refractivity contribution is -0.134. The van der Waals surface area contributed by atoms with Crippen molar-refractivity contribution in [3.8, 4) is 0 Å². The van der Waals surface area contributed by atoms with Crippen molar-refractivity contribution < 1.29 is 4.79 Å². The summed E-state index contributed by atoms with van der Waals surface area (Å²) in [5, 5.41) is 0. The number of piperidine rings is 1. The second-order valence-electron chi connectivity index (χ2n) is 5.50. The average Bonchev–Trinajstić information content (AvgIpc) is 2.53.